The number of rotatable bonds is 7. The quantitative estimate of drug-likeness (QED) is 0.693. The summed E-state index contributed by atoms with van der Waals surface area (Å²) in [6, 6.07) is 5.84. The summed E-state index contributed by atoms with van der Waals surface area (Å²) < 4.78 is 1.96. The molecule has 1 amide bonds. The number of carbonyl (C=O) groups is 1. The summed E-state index contributed by atoms with van der Waals surface area (Å²) in [5, 5.41) is 12.4. The van der Waals surface area contributed by atoms with Crippen LogP contribution in [-0.4, -0.2) is 76.1 Å². The average Bonchev–Trinajstić information content (AvgIpc) is 3.39. The fraction of sp³-hybridized carbons (Fsp3) is 0.680. The Labute approximate surface area is 189 Å². The summed E-state index contributed by atoms with van der Waals surface area (Å²) in [5.74, 6) is 2.68. The molecule has 172 valence electrons. The third kappa shape index (κ3) is 3.64. The smallest absolute Gasteiger partial charge is 0.268 e. The van der Waals surface area contributed by atoms with Gasteiger partial charge < -0.3 is 10.4 Å². The van der Waals surface area contributed by atoms with Crippen molar-refractivity contribution in [2.45, 2.75) is 38.6 Å². The van der Waals surface area contributed by atoms with E-state index in [9.17, 15) is 4.79 Å². The fourth-order valence-electron chi connectivity index (χ4n) is 7.46. The number of hydrogen-bond donors (Lipinski definition) is 2. The Morgan fingerprint density at radius 1 is 1.09 bits per heavy atom. The van der Waals surface area contributed by atoms with Gasteiger partial charge in [-0.05, 0) is 67.4 Å². The maximum absolute atomic E-state index is 13.2. The third-order valence-corrected chi connectivity index (χ3v) is 8.80. The van der Waals surface area contributed by atoms with Crippen LogP contribution in [0.2, 0.25) is 0 Å². The Hall–Kier alpha value is -1.96. The standard InChI is InChI=1S/C25H35N5O2/c31-9-8-28-4-6-29(7-5-28)15-21-16-30-22(2-1-3-23(30)27-21)24(32)26-17-25-13-18-10-19(14-25)12-20(25)11-18/h1-3,16,18-20,31H,4-15,17H2,(H,26,32). The Bertz CT molecular complexity index is 981. The van der Waals surface area contributed by atoms with E-state index in [1.807, 2.05) is 28.8 Å². The highest BCUT2D eigenvalue weighted by Gasteiger charge is 2.57. The molecule has 0 spiro atoms. The van der Waals surface area contributed by atoms with E-state index in [2.05, 4.69) is 15.1 Å². The lowest BCUT2D eigenvalue weighted by molar-refractivity contribution is 0.0907. The van der Waals surface area contributed by atoms with Crippen LogP contribution >= 0.6 is 0 Å². The second-order valence-corrected chi connectivity index (χ2v) is 10.8. The van der Waals surface area contributed by atoms with Crippen LogP contribution in [0, 0.1) is 23.2 Å². The van der Waals surface area contributed by atoms with Crippen LogP contribution in [0.3, 0.4) is 0 Å². The molecule has 32 heavy (non-hydrogen) atoms. The van der Waals surface area contributed by atoms with Crippen molar-refractivity contribution in [2.75, 3.05) is 45.9 Å². The predicted molar refractivity (Wildman–Crippen MR) is 122 cm³/mol. The maximum atomic E-state index is 13.2. The molecule has 7 nitrogen and oxygen atoms in total. The molecule has 3 heterocycles. The Morgan fingerprint density at radius 3 is 2.59 bits per heavy atom. The van der Waals surface area contributed by atoms with Gasteiger partial charge in [0.2, 0.25) is 0 Å². The van der Waals surface area contributed by atoms with Crippen molar-refractivity contribution in [3.63, 3.8) is 0 Å². The largest absolute Gasteiger partial charge is 0.395 e. The molecule has 0 aromatic carbocycles. The number of aliphatic hydroxyl groups is 1. The van der Waals surface area contributed by atoms with Crippen LogP contribution in [0.4, 0.5) is 0 Å². The lowest BCUT2D eigenvalue weighted by Gasteiger charge is -2.33. The summed E-state index contributed by atoms with van der Waals surface area (Å²) in [4.78, 5) is 22.7. The number of amides is 1. The van der Waals surface area contributed by atoms with E-state index in [1.54, 1.807) is 0 Å². The number of hydrogen-bond acceptors (Lipinski definition) is 5. The molecule has 5 aliphatic rings. The Kier molecular flexibility index (Phi) is 5.23. The molecule has 7 rings (SSSR count). The van der Waals surface area contributed by atoms with E-state index >= 15 is 0 Å². The van der Waals surface area contributed by atoms with Crippen LogP contribution in [0.25, 0.3) is 5.65 Å². The number of β-amino-alcohol motifs (C(OH)–C–C–N with tert-alkyl or cyclic N) is 1. The van der Waals surface area contributed by atoms with Gasteiger partial charge in [-0.2, -0.15) is 0 Å². The zero-order valence-corrected chi connectivity index (χ0v) is 18.9. The van der Waals surface area contributed by atoms with Crippen molar-refractivity contribution < 1.29 is 9.90 Å². The van der Waals surface area contributed by atoms with Gasteiger partial charge in [0, 0.05) is 52.0 Å². The predicted octanol–water partition coefficient (Wildman–Crippen LogP) is 2.00. The second kappa shape index (κ2) is 8.12. The normalized spacial score (nSPS) is 32.2. The zero-order chi connectivity index (χ0) is 21.7. The first-order chi connectivity index (χ1) is 15.6. The van der Waals surface area contributed by atoms with Crippen LogP contribution in [0.5, 0.6) is 0 Å². The summed E-state index contributed by atoms with van der Waals surface area (Å²) >= 11 is 0. The molecule has 5 fully saturated rings. The first-order valence-corrected chi connectivity index (χ1v) is 12.4. The SMILES string of the molecule is O=C(NCC12CC3CC(CC1C3)C2)c1cccc2nc(CN3CCN(CCO)CC3)cn12. The van der Waals surface area contributed by atoms with Crippen molar-refractivity contribution in [3.8, 4) is 0 Å². The number of aliphatic hydroxyl groups excluding tert-OH is 1. The number of nitrogens with zero attached hydrogens (tertiary/aromatic N) is 4. The minimum atomic E-state index is 0.0257. The van der Waals surface area contributed by atoms with Gasteiger partial charge in [-0.3, -0.25) is 19.0 Å². The number of carbonyl (C=O) groups excluding carboxylic acids is 1. The van der Waals surface area contributed by atoms with Crippen molar-refractivity contribution in [2.24, 2.45) is 23.2 Å². The Morgan fingerprint density at radius 2 is 1.84 bits per heavy atom. The molecule has 2 unspecified atom stereocenters. The van der Waals surface area contributed by atoms with E-state index < -0.39 is 0 Å². The highest BCUT2D eigenvalue weighted by Crippen LogP contribution is 2.65. The first-order valence-electron chi connectivity index (χ1n) is 12.4. The van der Waals surface area contributed by atoms with Crippen LogP contribution in [0.15, 0.2) is 24.4 Å². The van der Waals surface area contributed by atoms with Crippen molar-refractivity contribution in [1.82, 2.24) is 24.5 Å². The van der Waals surface area contributed by atoms with Gasteiger partial charge >= 0.3 is 0 Å². The maximum Gasteiger partial charge on any atom is 0.268 e. The van der Waals surface area contributed by atoms with Gasteiger partial charge in [-0.15, -0.1) is 0 Å². The fourth-order valence-corrected chi connectivity index (χ4v) is 7.46. The van der Waals surface area contributed by atoms with Crippen LogP contribution in [-0.2, 0) is 6.54 Å². The van der Waals surface area contributed by atoms with Gasteiger partial charge in [-0.1, -0.05) is 6.07 Å². The number of nitrogens with one attached hydrogen (secondary N) is 1. The number of aromatic nitrogens is 2. The molecule has 2 N–H and O–H groups in total. The van der Waals surface area contributed by atoms with Crippen LogP contribution in [0.1, 0.15) is 48.3 Å². The molecule has 4 bridgehead atoms. The summed E-state index contributed by atoms with van der Waals surface area (Å²) in [5.41, 5.74) is 2.90. The summed E-state index contributed by atoms with van der Waals surface area (Å²) in [7, 11) is 0. The highest BCUT2D eigenvalue weighted by atomic mass is 16.3. The third-order valence-electron chi connectivity index (χ3n) is 8.80. The van der Waals surface area contributed by atoms with Gasteiger partial charge in [0.15, 0.2) is 0 Å². The Balaban J connectivity index is 1.12. The van der Waals surface area contributed by atoms with Gasteiger partial charge in [0.25, 0.3) is 5.91 Å². The van der Waals surface area contributed by atoms with Gasteiger partial charge in [0.1, 0.15) is 11.3 Å². The van der Waals surface area contributed by atoms with E-state index in [0.717, 1.165) is 74.9 Å². The molecule has 4 saturated carbocycles. The minimum Gasteiger partial charge on any atom is -0.395 e. The van der Waals surface area contributed by atoms with E-state index in [4.69, 9.17) is 10.1 Å². The molecule has 7 heteroatoms. The number of pyridine rings is 1. The molecule has 0 radical (unpaired) electrons. The van der Waals surface area contributed by atoms with E-state index in [1.165, 1.54) is 32.1 Å². The average molecular weight is 438 g/mol. The monoisotopic (exact) mass is 437 g/mol. The van der Waals surface area contributed by atoms with Crippen molar-refractivity contribution in [1.29, 1.82) is 0 Å². The number of piperazine rings is 1. The number of imidazole rings is 1. The highest BCUT2D eigenvalue weighted by molar-refractivity contribution is 5.93. The first kappa shape index (κ1) is 20.6. The number of fused-ring (bicyclic) bond motifs is 1. The van der Waals surface area contributed by atoms with Crippen molar-refractivity contribution in [3.05, 3.63) is 35.8 Å². The molecular formula is C25H35N5O2. The van der Waals surface area contributed by atoms with Gasteiger partial charge in [-0.25, -0.2) is 4.98 Å². The minimum absolute atomic E-state index is 0.0257. The molecule has 1 saturated heterocycles. The summed E-state index contributed by atoms with van der Waals surface area (Å²) in [6.45, 7) is 6.52. The van der Waals surface area contributed by atoms with Crippen molar-refractivity contribution >= 4 is 11.6 Å². The zero-order valence-electron chi connectivity index (χ0n) is 18.9. The molecular weight excluding hydrogens is 402 g/mol. The molecule has 2 aromatic rings. The molecule has 1 aliphatic heterocycles. The van der Waals surface area contributed by atoms with Gasteiger partial charge in [0.05, 0.1) is 12.3 Å². The van der Waals surface area contributed by atoms with Crippen LogP contribution < -0.4 is 5.32 Å². The molecule has 2 aromatic heterocycles. The lowest BCUT2D eigenvalue weighted by Crippen LogP contribution is -2.46. The topological polar surface area (TPSA) is 73.1 Å². The van der Waals surface area contributed by atoms with E-state index in [0.29, 0.717) is 11.1 Å². The summed E-state index contributed by atoms with van der Waals surface area (Å²) in [6.07, 6.45) is 8.88. The molecule has 2 atom stereocenters. The lowest BCUT2D eigenvalue weighted by atomic mass is 9.75. The second-order valence-electron chi connectivity index (χ2n) is 10.8. The molecule has 4 aliphatic carbocycles. The van der Waals surface area contributed by atoms with E-state index in [-0.39, 0.29) is 12.5 Å².